The van der Waals surface area contributed by atoms with Crippen LogP contribution in [-0.2, 0) is 19.9 Å². The molecule has 9 heteroatoms. The first kappa shape index (κ1) is 25.5. The molecule has 0 bridgehead atoms. The Labute approximate surface area is 201 Å². The number of amides is 1. The number of aryl methyl sites for hydroxylation is 3. The Bertz CT molecular complexity index is 1450. The third-order valence-corrected chi connectivity index (χ3v) is 8.16. The highest BCUT2D eigenvalue weighted by Gasteiger charge is 2.21. The molecule has 34 heavy (non-hydrogen) atoms. The molecule has 1 atom stereocenters. The zero-order valence-electron chi connectivity index (χ0n) is 19.7. The fourth-order valence-electron chi connectivity index (χ4n) is 3.53. The molecule has 0 aliphatic carbocycles. The van der Waals surface area contributed by atoms with E-state index in [0.29, 0.717) is 11.3 Å². The molecule has 0 aromatic heterocycles. The summed E-state index contributed by atoms with van der Waals surface area (Å²) in [4.78, 5) is 13.1. The van der Waals surface area contributed by atoms with Crippen LogP contribution >= 0.6 is 0 Å². The molecule has 2 N–H and O–H groups in total. The van der Waals surface area contributed by atoms with Gasteiger partial charge in [-0.3, -0.25) is 9.52 Å². The van der Waals surface area contributed by atoms with Gasteiger partial charge in [-0.1, -0.05) is 35.9 Å². The number of rotatable bonds is 7. The van der Waals surface area contributed by atoms with E-state index in [1.165, 1.54) is 18.2 Å². The molecule has 0 spiro atoms. The molecule has 0 aliphatic rings. The van der Waals surface area contributed by atoms with Crippen molar-refractivity contribution in [3.63, 3.8) is 0 Å². The van der Waals surface area contributed by atoms with Gasteiger partial charge in [-0.2, -0.15) is 0 Å². The number of anilines is 1. The number of sulfone groups is 1. The maximum absolute atomic E-state index is 13.1. The summed E-state index contributed by atoms with van der Waals surface area (Å²) in [5.41, 5.74) is 3.73. The molecule has 0 saturated carbocycles. The van der Waals surface area contributed by atoms with Crippen molar-refractivity contribution < 1.29 is 21.6 Å². The van der Waals surface area contributed by atoms with E-state index in [2.05, 4.69) is 10.0 Å². The maximum Gasteiger partial charge on any atom is 0.262 e. The second kappa shape index (κ2) is 9.60. The van der Waals surface area contributed by atoms with Gasteiger partial charge in [0.2, 0.25) is 0 Å². The normalized spacial score (nSPS) is 12.7. The van der Waals surface area contributed by atoms with Gasteiger partial charge in [-0.25, -0.2) is 16.8 Å². The van der Waals surface area contributed by atoms with Crippen molar-refractivity contribution in [1.82, 2.24) is 5.32 Å². The minimum absolute atomic E-state index is 0.0188. The van der Waals surface area contributed by atoms with Crippen LogP contribution in [0, 0.1) is 20.8 Å². The Balaban J connectivity index is 1.82. The van der Waals surface area contributed by atoms with Crippen molar-refractivity contribution in [1.29, 1.82) is 0 Å². The van der Waals surface area contributed by atoms with E-state index in [4.69, 9.17) is 0 Å². The Hall–Kier alpha value is -3.17. The zero-order chi connectivity index (χ0) is 25.3. The smallest absolute Gasteiger partial charge is 0.262 e. The van der Waals surface area contributed by atoms with Crippen LogP contribution in [0.4, 0.5) is 5.69 Å². The molecule has 0 radical (unpaired) electrons. The number of nitrogens with one attached hydrogen (secondary N) is 2. The van der Waals surface area contributed by atoms with Crippen LogP contribution in [0.5, 0.6) is 0 Å². The largest absolute Gasteiger partial charge is 0.346 e. The second-order valence-electron chi connectivity index (χ2n) is 8.44. The molecule has 0 fully saturated rings. The number of benzene rings is 3. The van der Waals surface area contributed by atoms with E-state index < -0.39 is 31.8 Å². The monoisotopic (exact) mass is 500 g/mol. The minimum atomic E-state index is -3.92. The van der Waals surface area contributed by atoms with Crippen molar-refractivity contribution in [2.45, 2.75) is 43.5 Å². The molecule has 1 amide bonds. The van der Waals surface area contributed by atoms with Crippen LogP contribution in [0.25, 0.3) is 0 Å². The molecule has 0 unspecified atom stereocenters. The molecule has 0 saturated heterocycles. The summed E-state index contributed by atoms with van der Waals surface area (Å²) >= 11 is 0. The summed E-state index contributed by atoms with van der Waals surface area (Å²) in [6.45, 7) is 7.19. The third-order valence-electron chi connectivity index (χ3n) is 5.52. The van der Waals surface area contributed by atoms with Crippen LogP contribution in [0.3, 0.4) is 0 Å². The predicted octanol–water partition coefficient (Wildman–Crippen LogP) is 4.31. The lowest BCUT2D eigenvalue weighted by Gasteiger charge is -2.16. The van der Waals surface area contributed by atoms with Gasteiger partial charge >= 0.3 is 0 Å². The van der Waals surface area contributed by atoms with Crippen LogP contribution in [0.15, 0.2) is 70.5 Å². The SMILES string of the molecule is Cc1ccc(NS(=O)(=O)c2cc(C(=O)N[C@@H](C)c3ccc(S(C)(=O)=O)cc3)ccc2C)c(C)c1. The first-order chi connectivity index (χ1) is 15.8. The highest BCUT2D eigenvalue weighted by molar-refractivity contribution is 7.92. The average Bonchev–Trinajstić information content (AvgIpc) is 2.75. The molecular formula is C25H28N2O5S2. The van der Waals surface area contributed by atoms with Crippen LogP contribution in [-0.4, -0.2) is 29.0 Å². The standard InChI is InChI=1S/C25H28N2O5S2/c1-16-6-13-23(18(3)14-16)27-34(31,32)24-15-21(8-7-17(24)2)25(28)26-19(4)20-9-11-22(12-10-20)33(5,29)30/h6-15,19,27H,1-5H3,(H,26,28)/t19-/m0/s1. The Morgan fingerprint density at radius 2 is 1.47 bits per heavy atom. The topological polar surface area (TPSA) is 109 Å². The summed E-state index contributed by atoms with van der Waals surface area (Å²) in [5, 5.41) is 2.83. The van der Waals surface area contributed by atoms with E-state index in [9.17, 15) is 21.6 Å². The lowest BCUT2D eigenvalue weighted by atomic mass is 10.1. The first-order valence-corrected chi connectivity index (χ1v) is 14.0. The van der Waals surface area contributed by atoms with Crippen molar-refractivity contribution in [2.75, 3.05) is 11.0 Å². The van der Waals surface area contributed by atoms with Crippen molar-refractivity contribution >= 4 is 31.5 Å². The molecule has 180 valence electrons. The fraction of sp³-hybridized carbons (Fsp3) is 0.240. The zero-order valence-corrected chi connectivity index (χ0v) is 21.3. The molecule has 7 nitrogen and oxygen atoms in total. The minimum Gasteiger partial charge on any atom is -0.346 e. The van der Waals surface area contributed by atoms with Gasteiger partial charge in [-0.15, -0.1) is 0 Å². The number of carbonyl (C=O) groups is 1. The lowest BCUT2D eigenvalue weighted by molar-refractivity contribution is 0.0939. The first-order valence-electron chi connectivity index (χ1n) is 10.6. The average molecular weight is 501 g/mol. The van der Waals surface area contributed by atoms with Gasteiger partial charge in [0.1, 0.15) is 0 Å². The van der Waals surface area contributed by atoms with Gasteiger partial charge in [0.05, 0.1) is 21.5 Å². The maximum atomic E-state index is 13.1. The van der Waals surface area contributed by atoms with E-state index >= 15 is 0 Å². The summed E-state index contributed by atoms with van der Waals surface area (Å²) < 4.78 is 52.1. The Kier molecular flexibility index (Phi) is 7.18. The number of carbonyl (C=O) groups excluding carboxylic acids is 1. The van der Waals surface area contributed by atoms with Crippen molar-refractivity contribution in [3.05, 3.63) is 88.5 Å². The van der Waals surface area contributed by atoms with Crippen molar-refractivity contribution in [2.24, 2.45) is 0 Å². The van der Waals surface area contributed by atoms with Crippen LogP contribution in [0.1, 0.15) is 45.6 Å². The molecular weight excluding hydrogens is 472 g/mol. The van der Waals surface area contributed by atoms with Gasteiger partial charge in [0.15, 0.2) is 9.84 Å². The van der Waals surface area contributed by atoms with Crippen LogP contribution < -0.4 is 10.0 Å². The molecule has 0 heterocycles. The second-order valence-corrected chi connectivity index (χ2v) is 12.1. The highest BCUT2D eigenvalue weighted by Crippen LogP contribution is 2.24. The van der Waals surface area contributed by atoms with E-state index in [1.807, 2.05) is 26.0 Å². The predicted molar refractivity (Wildman–Crippen MR) is 133 cm³/mol. The summed E-state index contributed by atoms with van der Waals surface area (Å²) in [5.74, 6) is -0.442. The summed E-state index contributed by atoms with van der Waals surface area (Å²) in [7, 11) is -7.23. The number of hydrogen-bond acceptors (Lipinski definition) is 5. The lowest BCUT2D eigenvalue weighted by Crippen LogP contribution is -2.27. The fourth-order valence-corrected chi connectivity index (χ4v) is 5.56. The Morgan fingerprint density at radius 3 is 2.06 bits per heavy atom. The van der Waals surface area contributed by atoms with E-state index in [-0.39, 0.29) is 15.4 Å². The Morgan fingerprint density at radius 1 is 0.824 bits per heavy atom. The number of sulfonamides is 1. The highest BCUT2D eigenvalue weighted by atomic mass is 32.2. The van der Waals surface area contributed by atoms with Gasteiger partial charge in [-0.05, 0) is 74.7 Å². The summed E-state index contributed by atoms with van der Waals surface area (Å²) in [6, 6.07) is 15.8. The molecule has 0 aliphatic heterocycles. The molecule has 3 aromatic carbocycles. The van der Waals surface area contributed by atoms with Crippen molar-refractivity contribution in [3.8, 4) is 0 Å². The third kappa shape index (κ3) is 5.84. The van der Waals surface area contributed by atoms with E-state index in [0.717, 1.165) is 22.9 Å². The van der Waals surface area contributed by atoms with Gasteiger partial charge in [0.25, 0.3) is 15.9 Å². The van der Waals surface area contributed by atoms with Crippen LogP contribution in [0.2, 0.25) is 0 Å². The summed E-state index contributed by atoms with van der Waals surface area (Å²) in [6.07, 6.45) is 1.13. The van der Waals surface area contributed by atoms with Gasteiger partial charge < -0.3 is 5.32 Å². The van der Waals surface area contributed by atoms with Gasteiger partial charge in [0, 0.05) is 11.8 Å². The quantitative estimate of drug-likeness (QED) is 0.503. The van der Waals surface area contributed by atoms with E-state index in [1.54, 1.807) is 44.2 Å². The number of hydrogen-bond donors (Lipinski definition) is 2. The molecule has 3 aromatic rings. The molecule has 3 rings (SSSR count).